The summed E-state index contributed by atoms with van der Waals surface area (Å²) in [4.78, 5) is 23.0. The quantitative estimate of drug-likeness (QED) is 0.265. The van der Waals surface area contributed by atoms with Crippen molar-refractivity contribution in [1.29, 1.82) is 0 Å². The van der Waals surface area contributed by atoms with Gasteiger partial charge in [0.1, 0.15) is 5.82 Å². The molecule has 0 aliphatic carbocycles. The number of ether oxygens (including phenoxy) is 1. The zero-order chi connectivity index (χ0) is 17.7. The lowest BCUT2D eigenvalue weighted by Gasteiger charge is -2.06. The van der Waals surface area contributed by atoms with Crippen LogP contribution >= 0.6 is 11.8 Å². The lowest BCUT2D eigenvalue weighted by atomic mass is 10.2. The molecule has 0 radical (unpaired) electrons. The van der Waals surface area contributed by atoms with Crippen molar-refractivity contribution in [2.45, 2.75) is 36.7 Å². The van der Waals surface area contributed by atoms with Crippen molar-refractivity contribution in [3.63, 3.8) is 0 Å². The Morgan fingerprint density at radius 2 is 2.21 bits per heavy atom. The predicted molar refractivity (Wildman–Crippen MR) is 87.3 cm³/mol. The Bertz CT molecular complexity index is 762. The standard InChI is InChI=1S/C14H17N5O4S/c1-3-4-7-23-13(20)10-5-6-12(11(8-10)19(21)22)24-14-17-16-9(2)18(14)15/h5-6,8H,3-4,7,15H2,1-2H3. The average molecular weight is 351 g/mol. The van der Waals surface area contributed by atoms with Crippen LogP contribution in [0, 0.1) is 17.0 Å². The van der Waals surface area contributed by atoms with Crippen molar-refractivity contribution < 1.29 is 14.5 Å². The van der Waals surface area contributed by atoms with Crippen molar-refractivity contribution in [2.24, 2.45) is 0 Å². The van der Waals surface area contributed by atoms with Gasteiger partial charge < -0.3 is 10.6 Å². The third kappa shape index (κ3) is 4.02. The van der Waals surface area contributed by atoms with Crippen LogP contribution in [0.1, 0.15) is 35.9 Å². The van der Waals surface area contributed by atoms with E-state index in [1.165, 1.54) is 22.9 Å². The van der Waals surface area contributed by atoms with E-state index in [0.717, 1.165) is 24.6 Å². The number of carbonyl (C=O) groups is 1. The molecule has 1 heterocycles. The first kappa shape index (κ1) is 17.7. The maximum Gasteiger partial charge on any atom is 0.338 e. The summed E-state index contributed by atoms with van der Waals surface area (Å²) in [6.07, 6.45) is 1.63. The SMILES string of the molecule is CCCCOC(=O)c1ccc(Sc2nnc(C)n2N)c([N+](=O)[O-])c1. The molecule has 2 rings (SSSR count). The van der Waals surface area contributed by atoms with Crippen LogP contribution < -0.4 is 5.84 Å². The van der Waals surface area contributed by atoms with Gasteiger partial charge in [0.05, 0.1) is 22.0 Å². The maximum atomic E-state index is 11.9. The van der Waals surface area contributed by atoms with E-state index in [4.69, 9.17) is 10.6 Å². The van der Waals surface area contributed by atoms with Crippen LogP contribution in [0.2, 0.25) is 0 Å². The number of hydrogen-bond donors (Lipinski definition) is 1. The number of benzene rings is 1. The molecule has 1 aromatic heterocycles. The lowest BCUT2D eigenvalue weighted by Crippen LogP contribution is -2.11. The minimum absolute atomic E-state index is 0.132. The molecule has 0 spiro atoms. The number of nitro groups is 1. The second kappa shape index (κ2) is 7.77. The second-order valence-corrected chi connectivity index (χ2v) is 5.94. The van der Waals surface area contributed by atoms with Crippen LogP contribution in [0.25, 0.3) is 0 Å². The number of unbranched alkanes of at least 4 members (excludes halogenated alkanes) is 1. The van der Waals surface area contributed by atoms with Crippen molar-refractivity contribution in [3.8, 4) is 0 Å². The molecule has 0 saturated carbocycles. The summed E-state index contributed by atoms with van der Waals surface area (Å²) in [6, 6.07) is 4.15. The van der Waals surface area contributed by atoms with Gasteiger partial charge in [0.2, 0.25) is 5.16 Å². The fraction of sp³-hybridized carbons (Fsp3) is 0.357. The summed E-state index contributed by atoms with van der Waals surface area (Å²) in [5.41, 5.74) is -0.0851. The minimum Gasteiger partial charge on any atom is -0.462 e. The summed E-state index contributed by atoms with van der Waals surface area (Å²) in [5, 5.41) is 19.3. The Morgan fingerprint density at radius 3 is 2.79 bits per heavy atom. The second-order valence-electron chi connectivity index (χ2n) is 4.93. The van der Waals surface area contributed by atoms with Gasteiger partial charge in [-0.2, -0.15) is 0 Å². The smallest absolute Gasteiger partial charge is 0.338 e. The summed E-state index contributed by atoms with van der Waals surface area (Å²) in [5.74, 6) is 5.65. The molecular formula is C14H17N5O4S. The van der Waals surface area contributed by atoms with Crippen LogP contribution in [-0.2, 0) is 4.74 Å². The Hall–Kier alpha value is -2.62. The van der Waals surface area contributed by atoms with Crippen LogP contribution in [0.5, 0.6) is 0 Å². The summed E-state index contributed by atoms with van der Waals surface area (Å²) in [6.45, 7) is 3.93. The normalized spacial score (nSPS) is 10.6. The lowest BCUT2D eigenvalue weighted by molar-refractivity contribution is -0.387. The average Bonchev–Trinajstić information content (AvgIpc) is 2.87. The highest BCUT2D eigenvalue weighted by molar-refractivity contribution is 7.99. The highest BCUT2D eigenvalue weighted by Crippen LogP contribution is 2.34. The van der Waals surface area contributed by atoms with E-state index < -0.39 is 10.9 Å². The number of aromatic nitrogens is 3. The van der Waals surface area contributed by atoms with E-state index in [-0.39, 0.29) is 17.9 Å². The van der Waals surface area contributed by atoms with E-state index in [1.807, 2.05) is 6.92 Å². The van der Waals surface area contributed by atoms with Crippen molar-refractivity contribution in [2.75, 3.05) is 12.4 Å². The molecule has 0 aliphatic heterocycles. The number of nitrogens with two attached hydrogens (primary N) is 1. The predicted octanol–water partition coefficient (Wildman–Crippen LogP) is 2.32. The molecular weight excluding hydrogens is 334 g/mol. The zero-order valence-corrected chi connectivity index (χ0v) is 14.1. The van der Waals surface area contributed by atoms with Gasteiger partial charge in [-0.3, -0.25) is 10.1 Å². The molecule has 2 aromatic rings. The molecule has 0 aliphatic rings. The number of carbonyl (C=O) groups excluding carboxylic acids is 1. The Labute approximate surface area is 142 Å². The molecule has 0 fully saturated rings. The van der Waals surface area contributed by atoms with Gasteiger partial charge in [-0.05, 0) is 37.2 Å². The number of rotatable bonds is 7. The Balaban J connectivity index is 2.25. The highest BCUT2D eigenvalue weighted by Gasteiger charge is 2.21. The topological polar surface area (TPSA) is 126 Å². The third-order valence-corrected chi connectivity index (χ3v) is 4.18. The van der Waals surface area contributed by atoms with Gasteiger partial charge in [-0.15, -0.1) is 10.2 Å². The molecule has 0 saturated heterocycles. The van der Waals surface area contributed by atoms with Crippen molar-refractivity contribution >= 4 is 23.4 Å². The van der Waals surface area contributed by atoms with Gasteiger partial charge in [0.25, 0.3) is 5.69 Å². The van der Waals surface area contributed by atoms with Gasteiger partial charge >= 0.3 is 5.97 Å². The van der Waals surface area contributed by atoms with E-state index in [1.54, 1.807) is 6.92 Å². The first-order valence-corrected chi connectivity index (χ1v) is 8.06. The molecule has 24 heavy (non-hydrogen) atoms. The summed E-state index contributed by atoms with van der Waals surface area (Å²) < 4.78 is 6.31. The summed E-state index contributed by atoms with van der Waals surface area (Å²) >= 11 is 1.00. The first-order chi connectivity index (χ1) is 11.4. The molecule has 9 nitrogen and oxygen atoms in total. The molecule has 1 aromatic carbocycles. The molecule has 0 amide bonds. The summed E-state index contributed by atoms with van der Waals surface area (Å²) in [7, 11) is 0. The van der Waals surface area contributed by atoms with Crippen LogP contribution in [0.3, 0.4) is 0 Å². The van der Waals surface area contributed by atoms with Crippen molar-refractivity contribution in [3.05, 3.63) is 39.7 Å². The number of esters is 1. The molecule has 0 unspecified atom stereocenters. The van der Waals surface area contributed by atoms with E-state index in [9.17, 15) is 14.9 Å². The van der Waals surface area contributed by atoms with Gasteiger partial charge in [0, 0.05) is 6.07 Å². The minimum atomic E-state index is -0.582. The van der Waals surface area contributed by atoms with E-state index in [2.05, 4.69) is 10.2 Å². The maximum absolute atomic E-state index is 11.9. The monoisotopic (exact) mass is 351 g/mol. The van der Waals surface area contributed by atoms with E-state index >= 15 is 0 Å². The van der Waals surface area contributed by atoms with E-state index in [0.29, 0.717) is 15.9 Å². The van der Waals surface area contributed by atoms with Crippen LogP contribution in [-0.4, -0.2) is 32.4 Å². The number of hydrogen-bond acceptors (Lipinski definition) is 8. The largest absolute Gasteiger partial charge is 0.462 e. The van der Waals surface area contributed by atoms with Gasteiger partial charge in [-0.25, -0.2) is 9.47 Å². The number of nitrogen functional groups attached to an aromatic ring is 1. The number of nitro benzene ring substituents is 1. The molecule has 2 N–H and O–H groups in total. The first-order valence-electron chi connectivity index (χ1n) is 7.24. The molecule has 10 heteroatoms. The van der Waals surface area contributed by atoms with Crippen molar-refractivity contribution in [1.82, 2.24) is 14.9 Å². The highest BCUT2D eigenvalue weighted by atomic mass is 32.2. The third-order valence-electron chi connectivity index (χ3n) is 3.16. The molecule has 0 atom stereocenters. The fourth-order valence-corrected chi connectivity index (χ4v) is 2.67. The van der Waals surface area contributed by atoms with Gasteiger partial charge in [0.15, 0.2) is 0 Å². The molecule has 0 bridgehead atoms. The Kier molecular flexibility index (Phi) is 5.74. The van der Waals surface area contributed by atoms with Crippen LogP contribution in [0.4, 0.5) is 5.69 Å². The molecule has 128 valence electrons. The Morgan fingerprint density at radius 1 is 1.46 bits per heavy atom. The van der Waals surface area contributed by atoms with Gasteiger partial charge in [-0.1, -0.05) is 13.3 Å². The number of aryl methyl sites for hydroxylation is 1. The van der Waals surface area contributed by atoms with Crippen LogP contribution in [0.15, 0.2) is 28.3 Å². The zero-order valence-electron chi connectivity index (χ0n) is 13.3. The fourth-order valence-electron chi connectivity index (χ4n) is 1.78. The number of nitrogens with zero attached hydrogens (tertiary/aromatic N) is 4.